The first-order chi connectivity index (χ1) is 15.5. The van der Waals surface area contributed by atoms with Gasteiger partial charge in [-0.25, -0.2) is 17.8 Å². The second-order valence-corrected chi connectivity index (χ2v) is 9.86. The molecular weight excluding hydrogens is 428 g/mol. The zero-order chi connectivity index (χ0) is 22.3. The molecule has 1 saturated heterocycles. The van der Waals surface area contributed by atoms with Gasteiger partial charge in [-0.1, -0.05) is 24.3 Å². The molecule has 0 radical (unpaired) electrons. The van der Waals surface area contributed by atoms with E-state index in [1.54, 1.807) is 18.3 Å². The Morgan fingerprint density at radius 3 is 2.44 bits per heavy atom. The summed E-state index contributed by atoms with van der Waals surface area (Å²) >= 11 is 0. The van der Waals surface area contributed by atoms with Crippen molar-refractivity contribution < 1.29 is 13.2 Å². The molecule has 2 aromatic heterocycles. The highest BCUT2D eigenvalue weighted by Gasteiger charge is 2.28. The largest absolute Gasteiger partial charge is 0.496 e. The standard InChI is InChI=1S/C22H24N6O3S/c1-3-32(29,30)27-14-12-26(13-15-27)22-23-18-10-6-4-8-16(18)20-24-25-21(28(20)22)17-9-5-7-11-19(17)31-2/h4-11H,3,12-15H2,1-2H3. The molecule has 5 rings (SSSR count). The number of sulfonamides is 1. The molecule has 32 heavy (non-hydrogen) atoms. The molecule has 1 fully saturated rings. The molecule has 3 heterocycles. The van der Waals surface area contributed by atoms with Crippen molar-refractivity contribution in [3.05, 3.63) is 48.5 Å². The van der Waals surface area contributed by atoms with Crippen molar-refractivity contribution in [1.82, 2.24) is 23.9 Å². The van der Waals surface area contributed by atoms with Gasteiger partial charge in [0.2, 0.25) is 16.0 Å². The van der Waals surface area contributed by atoms with Crippen LogP contribution in [-0.4, -0.2) is 71.3 Å². The molecule has 0 spiro atoms. The quantitative estimate of drug-likeness (QED) is 0.459. The van der Waals surface area contributed by atoms with Gasteiger partial charge < -0.3 is 9.64 Å². The van der Waals surface area contributed by atoms with Gasteiger partial charge in [0, 0.05) is 31.6 Å². The van der Waals surface area contributed by atoms with Crippen molar-refractivity contribution in [1.29, 1.82) is 0 Å². The molecule has 0 atom stereocenters. The summed E-state index contributed by atoms with van der Waals surface area (Å²) in [7, 11) is -1.59. The Labute approximate surface area is 186 Å². The predicted molar refractivity (Wildman–Crippen MR) is 124 cm³/mol. The minimum atomic E-state index is -3.22. The van der Waals surface area contributed by atoms with Gasteiger partial charge in [-0.3, -0.25) is 0 Å². The molecule has 166 valence electrons. The molecule has 0 saturated carbocycles. The van der Waals surface area contributed by atoms with Gasteiger partial charge in [0.25, 0.3) is 0 Å². The summed E-state index contributed by atoms with van der Waals surface area (Å²) in [6.07, 6.45) is 0. The highest BCUT2D eigenvalue weighted by Crippen LogP contribution is 2.33. The van der Waals surface area contributed by atoms with Gasteiger partial charge in [0.05, 0.1) is 23.9 Å². The SMILES string of the molecule is CCS(=O)(=O)N1CCN(c2nc3ccccc3c3nnc(-c4ccccc4OC)n23)CC1. The number of ether oxygens (including phenoxy) is 1. The van der Waals surface area contributed by atoms with Gasteiger partial charge in [0.1, 0.15) is 5.75 Å². The summed E-state index contributed by atoms with van der Waals surface area (Å²) in [6, 6.07) is 15.5. The summed E-state index contributed by atoms with van der Waals surface area (Å²) in [4.78, 5) is 7.05. The Morgan fingerprint density at radius 1 is 0.969 bits per heavy atom. The van der Waals surface area contributed by atoms with Crippen LogP contribution in [0.4, 0.5) is 5.95 Å². The van der Waals surface area contributed by atoms with Gasteiger partial charge in [-0.15, -0.1) is 10.2 Å². The Kier molecular flexibility index (Phi) is 5.18. The van der Waals surface area contributed by atoms with E-state index in [0.717, 1.165) is 16.5 Å². The fourth-order valence-corrected chi connectivity index (χ4v) is 5.22. The van der Waals surface area contributed by atoms with Gasteiger partial charge in [-0.2, -0.15) is 4.31 Å². The zero-order valence-electron chi connectivity index (χ0n) is 18.0. The van der Waals surface area contributed by atoms with E-state index in [9.17, 15) is 8.42 Å². The van der Waals surface area contributed by atoms with Crippen LogP contribution in [0.1, 0.15) is 6.92 Å². The van der Waals surface area contributed by atoms with Crippen molar-refractivity contribution in [2.75, 3.05) is 43.9 Å². The number of aromatic nitrogens is 4. The maximum absolute atomic E-state index is 12.3. The van der Waals surface area contributed by atoms with Crippen molar-refractivity contribution in [3.63, 3.8) is 0 Å². The van der Waals surface area contributed by atoms with E-state index in [2.05, 4.69) is 15.1 Å². The van der Waals surface area contributed by atoms with E-state index in [-0.39, 0.29) is 5.75 Å². The number of benzene rings is 2. The molecule has 1 aliphatic heterocycles. The maximum Gasteiger partial charge on any atom is 0.213 e. The summed E-state index contributed by atoms with van der Waals surface area (Å²) in [5.41, 5.74) is 2.33. The Bertz CT molecular complexity index is 1390. The Morgan fingerprint density at radius 2 is 1.69 bits per heavy atom. The summed E-state index contributed by atoms with van der Waals surface area (Å²) < 4.78 is 33.7. The molecule has 10 heteroatoms. The average Bonchev–Trinajstić information content (AvgIpc) is 3.29. The molecule has 4 aromatic rings. The topological polar surface area (TPSA) is 92.9 Å². The molecule has 0 aliphatic carbocycles. The monoisotopic (exact) mass is 452 g/mol. The van der Waals surface area contributed by atoms with E-state index < -0.39 is 10.0 Å². The minimum absolute atomic E-state index is 0.106. The molecule has 0 unspecified atom stereocenters. The van der Waals surface area contributed by atoms with Crippen LogP contribution in [0.5, 0.6) is 5.75 Å². The maximum atomic E-state index is 12.3. The van der Waals surface area contributed by atoms with Crippen LogP contribution in [0, 0.1) is 0 Å². The molecule has 2 aromatic carbocycles. The van der Waals surface area contributed by atoms with Crippen LogP contribution in [-0.2, 0) is 10.0 Å². The van der Waals surface area contributed by atoms with Gasteiger partial charge >= 0.3 is 0 Å². The van der Waals surface area contributed by atoms with Crippen LogP contribution < -0.4 is 9.64 Å². The number of para-hydroxylation sites is 2. The first-order valence-electron chi connectivity index (χ1n) is 10.5. The fraction of sp³-hybridized carbons (Fsp3) is 0.318. The molecule has 0 bridgehead atoms. The van der Waals surface area contributed by atoms with Crippen LogP contribution in [0.25, 0.3) is 27.9 Å². The van der Waals surface area contributed by atoms with Crippen molar-refractivity contribution >= 4 is 32.5 Å². The molecule has 9 nitrogen and oxygen atoms in total. The number of nitrogens with zero attached hydrogens (tertiary/aromatic N) is 6. The number of hydrogen-bond donors (Lipinski definition) is 0. The summed E-state index contributed by atoms with van der Waals surface area (Å²) in [6.45, 7) is 3.57. The van der Waals surface area contributed by atoms with Crippen molar-refractivity contribution in [2.24, 2.45) is 0 Å². The molecular formula is C22H24N6O3S. The lowest BCUT2D eigenvalue weighted by molar-refractivity contribution is 0.383. The molecule has 1 aliphatic rings. The molecule has 0 N–H and O–H groups in total. The first-order valence-corrected chi connectivity index (χ1v) is 12.1. The number of methoxy groups -OCH3 is 1. The van der Waals surface area contributed by atoms with E-state index in [1.807, 2.05) is 52.9 Å². The van der Waals surface area contributed by atoms with Crippen LogP contribution in [0.3, 0.4) is 0 Å². The number of rotatable bonds is 5. The van der Waals surface area contributed by atoms with Crippen LogP contribution >= 0.6 is 0 Å². The second kappa shape index (κ2) is 8.03. The third-order valence-electron chi connectivity index (χ3n) is 5.86. The second-order valence-electron chi connectivity index (χ2n) is 7.60. The normalized spacial score (nSPS) is 15.5. The van der Waals surface area contributed by atoms with E-state index in [4.69, 9.17) is 9.72 Å². The number of anilines is 1. The Balaban J connectivity index is 1.67. The minimum Gasteiger partial charge on any atom is -0.496 e. The van der Waals surface area contributed by atoms with E-state index in [1.165, 1.54) is 0 Å². The highest BCUT2D eigenvalue weighted by atomic mass is 32.2. The first kappa shape index (κ1) is 20.7. The summed E-state index contributed by atoms with van der Waals surface area (Å²) in [5, 5.41) is 9.91. The zero-order valence-corrected chi connectivity index (χ0v) is 18.8. The lowest BCUT2D eigenvalue weighted by Crippen LogP contribution is -2.49. The number of hydrogen-bond acceptors (Lipinski definition) is 7. The van der Waals surface area contributed by atoms with E-state index in [0.29, 0.717) is 49.3 Å². The lowest BCUT2D eigenvalue weighted by atomic mass is 10.2. The predicted octanol–water partition coefficient (Wildman–Crippen LogP) is 2.42. The van der Waals surface area contributed by atoms with E-state index >= 15 is 0 Å². The number of piperazine rings is 1. The third kappa shape index (κ3) is 3.35. The number of fused-ring (bicyclic) bond motifs is 3. The smallest absolute Gasteiger partial charge is 0.213 e. The fourth-order valence-electron chi connectivity index (χ4n) is 4.13. The lowest BCUT2D eigenvalue weighted by Gasteiger charge is -2.34. The van der Waals surface area contributed by atoms with Crippen LogP contribution in [0.15, 0.2) is 48.5 Å². The van der Waals surface area contributed by atoms with Crippen LogP contribution in [0.2, 0.25) is 0 Å². The highest BCUT2D eigenvalue weighted by molar-refractivity contribution is 7.89. The Hall–Kier alpha value is -3.24. The summed E-state index contributed by atoms with van der Waals surface area (Å²) in [5.74, 6) is 2.13. The third-order valence-corrected chi connectivity index (χ3v) is 7.74. The van der Waals surface area contributed by atoms with Gasteiger partial charge in [0.15, 0.2) is 11.5 Å². The van der Waals surface area contributed by atoms with Crippen molar-refractivity contribution in [3.8, 4) is 17.1 Å². The van der Waals surface area contributed by atoms with Crippen molar-refractivity contribution in [2.45, 2.75) is 6.92 Å². The average molecular weight is 453 g/mol. The van der Waals surface area contributed by atoms with Gasteiger partial charge in [-0.05, 0) is 31.2 Å². The molecule has 0 amide bonds.